The maximum Gasteiger partial charge on any atom is 0.240 e. The van der Waals surface area contributed by atoms with E-state index in [1.54, 1.807) is 11.2 Å². The Morgan fingerprint density at radius 1 is 1.59 bits per heavy atom. The molecule has 0 aliphatic carbocycles. The number of hydrogen-bond donors (Lipinski definition) is 1. The fraction of sp³-hybridized carbons (Fsp3) is 0.727. The van der Waals surface area contributed by atoms with Crippen molar-refractivity contribution < 1.29 is 4.79 Å². The monoisotopic (exact) mass is 237 g/mol. The molecule has 17 heavy (non-hydrogen) atoms. The van der Waals surface area contributed by atoms with Gasteiger partial charge < -0.3 is 15.2 Å². The second-order valence-corrected chi connectivity index (χ2v) is 4.61. The van der Waals surface area contributed by atoms with E-state index in [0.717, 1.165) is 18.8 Å². The lowest BCUT2D eigenvalue weighted by molar-refractivity contribution is -0.135. The van der Waals surface area contributed by atoms with E-state index in [4.69, 9.17) is 5.73 Å². The van der Waals surface area contributed by atoms with Crippen molar-refractivity contribution in [1.29, 1.82) is 0 Å². The van der Waals surface area contributed by atoms with Crippen LogP contribution < -0.4 is 5.73 Å². The Kier molecular flexibility index (Phi) is 3.42. The van der Waals surface area contributed by atoms with Crippen molar-refractivity contribution in [3.05, 3.63) is 12.2 Å². The van der Waals surface area contributed by atoms with Gasteiger partial charge in [-0.05, 0) is 5.92 Å². The molecule has 94 valence electrons. The lowest BCUT2D eigenvalue weighted by Crippen LogP contribution is -2.49. The van der Waals surface area contributed by atoms with Crippen molar-refractivity contribution in [2.75, 3.05) is 6.54 Å². The zero-order valence-electron chi connectivity index (χ0n) is 10.3. The second kappa shape index (κ2) is 4.83. The second-order valence-electron chi connectivity index (χ2n) is 4.61. The third kappa shape index (κ3) is 2.31. The number of nitrogens with two attached hydrogens (primary N) is 1. The van der Waals surface area contributed by atoms with Crippen LogP contribution >= 0.6 is 0 Å². The lowest BCUT2D eigenvalue weighted by atomic mass is 9.99. The van der Waals surface area contributed by atoms with Gasteiger partial charge in [0, 0.05) is 13.1 Å². The molecular formula is C11H19N5O. The van der Waals surface area contributed by atoms with Gasteiger partial charge in [0.25, 0.3) is 0 Å². The number of aromatic nitrogens is 3. The number of carbonyl (C=O) groups is 1. The topological polar surface area (TPSA) is 77.0 Å². The van der Waals surface area contributed by atoms with Crippen LogP contribution in [0.3, 0.4) is 0 Å². The van der Waals surface area contributed by atoms with Crippen LogP contribution in [0, 0.1) is 5.92 Å². The molecule has 6 nitrogen and oxygen atoms in total. The van der Waals surface area contributed by atoms with Crippen molar-refractivity contribution in [2.24, 2.45) is 11.7 Å². The fourth-order valence-electron chi connectivity index (χ4n) is 1.96. The van der Waals surface area contributed by atoms with Crippen LogP contribution in [-0.2, 0) is 17.9 Å². The number of nitrogens with zero attached hydrogens (tertiary/aromatic N) is 4. The van der Waals surface area contributed by atoms with E-state index in [-0.39, 0.29) is 11.8 Å². The quantitative estimate of drug-likeness (QED) is 0.802. The van der Waals surface area contributed by atoms with Gasteiger partial charge in [0.15, 0.2) is 5.82 Å². The zero-order valence-corrected chi connectivity index (χ0v) is 10.3. The van der Waals surface area contributed by atoms with Gasteiger partial charge in [-0.3, -0.25) is 4.79 Å². The fourth-order valence-corrected chi connectivity index (χ4v) is 1.96. The first kappa shape index (κ1) is 12.0. The summed E-state index contributed by atoms with van der Waals surface area (Å²) in [6.07, 6.45) is 2.61. The molecule has 1 amide bonds. The molecule has 0 aromatic carbocycles. The summed E-state index contributed by atoms with van der Waals surface area (Å²) in [6, 6.07) is -0.408. The first-order valence-corrected chi connectivity index (χ1v) is 6.04. The molecule has 0 bridgehead atoms. The van der Waals surface area contributed by atoms with Gasteiger partial charge >= 0.3 is 0 Å². The Balaban J connectivity index is 2.03. The van der Waals surface area contributed by atoms with Gasteiger partial charge in [-0.15, -0.1) is 10.2 Å². The third-order valence-electron chi connectivity index (χ3n) is 3.49. The Hall–Kier alpha value is -1.43. The van der Waals surface area contributed by atoms with Gasteiger partial charge in [-0.2, -0.15) is 0 Å². The van der Waals surface area contributed by atoms with Crippen LogP contribution in [0.1, 0.15) is 26.1 Å². The van der Waals surface area contributed by atoms with Crippen LogP contribution in [0.15, 0.2) is 6.33 Å². The standard InChI is InChI=1S/C11H19N5O/c1-3-8(2)10(12)11(17)15-4-5-16-7-13-14-9(16)6-15/h7-8,10H,3-6,12H2,1-2H3/t8-,10-/m0/s1. The summed E-state index contributed by atoms with van der Waals surface area (Å²) in [4.78, 5) is 14.0. The van der Waals surface area contributed by atoms with Crippen molar-refractivity contribution in [3.8, 4) is 0 Å². The van der Waals surface area contributed by atoms with E-state index in [0.29, 0.717) is 13.1 Å². The largest absolute Gasteiger partial charge is 0.332 e. The lowest BCUT2D eigenvalue weighted by Gasteiger charge is -2.30. The molecule has 6 heteroatoms. The van der Waals surface area contributed by atoms with Crippen molar-refractivity contribution in [2.45, 2.75) is 39.4 Å². The minimum Gasteiger partial charge on any atom is -0.332 e. The van der Waals surface area contributed by atoms with Gasteiger partial charge in [0.05, 0.1) is 12.6 Å². The molecule has 0 spiro atoms. The Morgan fingerprint density at radius 2 is 2.35 bits per heavy atom. The van der Waals surface area contributed by atoms with Gasteiger partial charge in [-0.1, -0.05) is 20.3 Å². The van der Waals surface area contributed by atoms with Crippen LogP contribution in [0.25, 0.3) is 0 Å². The van der Waals surface area contributed by atoms with Crippen LogP contribution in [-0.4, -0.2) is 38.2 Å². The molecule has 2 rings (SSSR count). The zero-order chi connectivity index (χ0) is 12.4. The van der Waals surface area contributed by atoms with E-state index in [1.165, 1.54) is 0 Å². The predicted octanol–water partition coefficient (Wildman–Crippen LogP) is -0.00630. The van der Waals surface area contributed by atoms with E-state index in [1.807, 2.05) is 18.4 Å². The van der Waals surface area contributed by atoms with Gasteiger partial charge in [0.1, 0.15) is 6.33 Å². The smallest absolute Gasteiger partial charge is 0.240 e. The maximum atomic E-state index is 12.2. The number of hydrogen-bond acceptors (Lipinski definition) is 4. The minimum absolute atomic E-state index is 0.0219. The molecule has 1 aromatic heterocycles. The molecule has 0 radical (unpaired) electrons. The third-order valence-corrected chi connectivity index (χ3v) is 3.49. The van der Waals surface area contributed by atoms with Crippen molar-refractivity contribution in [1.82, 2.24) is 19.7 Å². The maximum absolute atomic E-state index is 12.2. The number of amides is 1. The summed E-state index contributed by atoms with van der Waals surface area (Å²) in [5.41, 5.74) is 5.96. The Bertz CT molecular complexity index is 402. The molecule has 0 unspecified atom stereocenters. The highest BCUT2D eigenvalue weighted by Gasteiger charge is 2.28. The van der Waals surface area contributed by atoms with E-state index >= 15 is 0 Å². The Labute approximate surface area is 101 Å². The van der Waals surface area contributed by atoms with E-state index in [2.05, 4.69) is 10.2 Å². The summed E-state index contributed by atoms with van der Waals surface area (Å²) < 4.78 is 1.97. The average Bonchev–Trinajstić information content (AvgIpc) is 2.83. The summed E-state index contributed by atoms with van der Waals surface area (Å²) >= 11 is 0. The minimum atomic E-state index is -0.408. The van der Waals surface area contributed by atoms with Crippen LogP contribution in [0.2, 0.25) is 0 Å². The Morgan fingerprint density at radius 3 is 3.06 bits per heavy atom. The molecule has 0 saturated heterocycles. The number of carbonyl (C=O) groups excluding carboxylic acids is 1. The summed E-state index contributed by atoms with van der Waals surface area (Å²) in [6.45, 7) is 6.01. The average molecular weight is 237 g/mol. The molecule has 2 N–H and O–H groups in total. The summed E-state index contributed by atoms with van der Waals surface area (Å²) in [5, 5.41) is 7.83. The summed E-state index contributed by atoms with van der Waals surface area (Å²) in [5.74, 6) is 1.07. The van der Waals surface area contributed by atoms with E-state index < -0.39 is 6.04 Å². The first-order valence-electron chi connectivity index (χ1n) is 6.04. The van der Waals surface area contributed by atoms with Crippen molar-refractivity contribution >= 4 is 5.91 Å². The highest BCUT2D eigenvalue weighted by Crippen LogP contribution is 2.13. The van der Waals surface area contributed by atoms with Crippen LogP contribution in [0.4, 0.5) is 0 Å². The molecule has 1 aliphatic rings. The van der Waals surface area contributed by atoms with Gasteiger partial charge in [0.2, 0.25) is 5.91 Å². The van der Waals surface area contributed by atoms with E-state index in [9.17, 15) is 4.79 Å². The number of rotatable bonds is 3. The molecule has 0 fully saturated rings. The van der Waals surface area contributed by atoms with Crippen LogP contribution in [0.5, 0.6) is 0 Å². The SMILES string of the molecule is CC[C@H](C)[C@H](N)C(=O)N1CCn2cnnc2C1. The molecule has 0 saturated carbocycles. The summed E-state index contributed by atoms with van der Waals surface area (Å²) in [7, 11) is 0. The predicted molar refractivity (Wildman–Crippen MR) is 62.9 cm³/mol. The van der Waals surface area contributed by atoms with Crippen molar-refractivity contribution in [3.63, 3.8) is 0 Å². The normalized spacial score (nSPS) is 18.6. The highest BCUT2D eigenvalue weighted by atomic mass is 16.2. The molecule has 2 atom stereocenters. The first-order chi connectivity index (χ1) is 8.13. The number of fused-ring (bicyclic) bond motifs is 1. The molecular weight excluding hydrogens is 218 g/mol. The molecule has 1 aromatic rings. The molecule has 1 aliphatic heterocycles. The molecule has 2 heterocycles. The van der Waals surface area contributed by atoms with Gasteiger partial charge in [-0.25, -0.2) is 0 Å². The highest BCUT2D eigenvalue weighted by molar-refractivity contribution is 5.82.